The van der Waals surface area contributed by atoms with Gasteiger partial charge in [-0.15, -0.1) is 0 Å². The van der Waals surface area contributed by atoms with Crippen molar-refractivity contribution in [3.8, 4) is 6.07 Å². The Morgan fingerprint density at radius 1 is 1.24 bits per heavy atom. The van der Waals surface area contributed by atoms with Gasteiger partial charge in [-0.25, -0.2) is 18.2 Å². The summed E-state index contributed by atoms with van der Waals surface area (Å²) in [7, 11) is -1.97. The average molecular weight is 545 g/mol. The van der Waals surface area contributed by atoms with Gasteiger partial charge >= 0.3 is 0 Å². The van der Waals surface area contributed by atoms with E-state index in [-0.39, 0.29) is 31.1 Å². The van der Waals surface area contributed by atoms with Crippen LogP contribution >= 0.6 is 0 Å². The van der Waals surface area contributed by atoms with E-state index >= 15 is 0 Å². The molecule has 1 aliphatic rings. The minimum Gasteiger partial charge on any atom is -0.416 e. The third kappa shape index (κ3) is 6.03. The van der Waals surface area contributed by atoms with Gasteiger partial charge in [-0.2, -0.15) is 5.26 Å². The fraction of sp³-hybridized carbons (Fsp3) is 0.519. The number of hydrogen-bond acceptors (Lipinski definition) is 6. The predicted molar refractivity (Wildman–Crippen MR) is 144 cm³/mol. The van der Waals surface area contributed by atoms with Crippen LogP contribution in [0.25, 0.3) is 11.0 Å². The Bertz CT molecular complexity index is 1310. The smallest absolute Gasteiger partial charge is 0.266 e. The summed E-state index contributed by atoms with van der Waals surface area (Å²) in [5.41, 5.74) is 2.20. The molecule has 2 aromatic heterocycles. The van der Waals surface area contributed by atoms with Gasteiger partial charge in [0.05, 0.1) is 34.9 Å². The number of piperidine rings is 1. The van der Waals surface area contributed by atoms with Crippen molar-refractivity contribution in [1.29, 1.82) is 5.26 Å². The number of fused-ring (bicyclic) bond motifs is 1. The van der Waals surface area contributed by atoms with Gasteiger partial charge in [0.1, 0.15) is 11.9 Å². The Labute approximate surface area is 222 Å². The number of aromatic nitrogens is 3. The average Bonchev–Trinajstić information content (AvgIpc) is 3.19. The summed E-state index contributed by atoms with van der Waals surface area (Å²) in [5.74, 6) is -2.81. The number of imidazole rings is 1. The Hall–Kier alpha value is -2.94. The monoisotopic (exact) mass is 544 g/mol. The van der Waals surface area contributed by atoms with Crippen molar-refractivity contribution in [3.05, 3.63) is 53.6 Å². The molecule has 0 bridgehead atoms. The number of alkyl halides is 2. The maximum atomic E-state index is 15.0. The molecule has 38 heavy (non-hydrogen) atoms. The number of nitrogens with zero attached hydrogens (tertiary/aromatic N) is 5. The van der Waals surface area contributed by atoms with Gasteiger partial charge in [-0.05, 0) is 48.5 Å². The molecule has 3 heterocycles. The van der Waals surface area contributed by atoms with Crippen molar-refractivity contribution < 1.29 is 17.6 Å². The van der Waals surface area contributed by atoms with Crippen LogP contribution < -0.4 is 10.2 Å². The van der Waals surface area contributed by atoms with Gasteiger partial charge in [0.2, 0.25) is 5.95 Å². The zero-order valence-electron chi connectivity index (χ0n) is 22.6. The van der Waals surface area contributed by atoms with E-state index in [1.54, 1.807) is 22.8 Å². The first-order valence-electron chi connectivity index (χ1n) is 12.8. The molecule has 7 nitrogen and oxygen atoms in total. The van der Waals surface area contributed by atoms with Crippen LogP contribution in [0.4, 0.5) is 19.1 Å². The number of halogens is 3. The number of anilines is 1. The molecule has 0 aliphatic carbocycles. The lowest BCUT2D eigenvalue weighted by Crippen LogP contribution is -2.58. The lowest BCUT2D eigenvalue weighted by Gasteiger charge is -2.40. The van der Waals surface area contributed by atoms with E-state index in [4.69, 9.17) is 14.7 Å². The highest BCUT2D eigenvalue weighted by atomic mass is 28.4. The van der Waals surface area contributed by atoms with E-state index in [9.17, 15) is 13.2 Å². The lowest BCUT2D eigenvalue weighted by molar-refractivity contribution is -0.0519. The number of hydrogen-bond donors (Lipinski definition) is 1. The van der Waals surface area contributed by atoms with E-state index in [1.807, 2.05) is 11.0 Å². The molecule has 0 spiro atoms. The highest BCUT2D eigenvalue weighted by Gasteiger charge is 2.45. The molecule has 1 fully saturated rings. The Kier molecular flexibility index (Phi) is 7.88. The Morgan fingerprint density at radius 3 is 2.66 bits per heavy atom. The second-order valence-electron chi connectivity index (χ2n) is 11.4. The van der Waals surface area contributed by atoms with Gasteiger partial charge in [0.15, 0.2) is 8.32 Å². The molecule has 1 aliphatic heterocycles. The van der Waals surface area contributed by atoms with Crippen LogP contribution in [0.3, 0.4) is 0 Å². The fourth-order valence-corrected chi connectivity index (χ4v) is 5.33. The minimum absolute atomic E-state index is 0.0414. The van der Waals surface area contributed by atoms with E-state index in [2.05, 4.69) is 44.2 Å². The Morgan fingerprint density at radius 2 is 2.00 bits per heavy atom. The van der Waals surface area contributed by atoms with E-state index in [1.165, 1.54) is 18.3 Å². The molecular formula is C27H35F3N6OSi. The fourth-order valence-electron chi connectivity index (χ4n) is 4.28. The lowest BCUT2D eigenvalue weighted by atomic mass is 10.0. The second kappa shape index (κ2) is 10.7. The number of pyridine rings is 1. The summed E-state index contributed by atoms with van der Waals surface area (Å²) in [6, 6.07) is 8.65. The molecule has 1 saturated heterocycles. The molecular weight excluding hydrogens is 509 g/mol. The van der Waals surface area contributed by atoms with Gasteiger partial charge in [-0.3, -0.25) is 4.98 Å². The third-order valence-corrected chi connectivity index (χ3v) is 12.2. The molecule has 204 valence electrons. The zero-order valence-corrected chi connectivity index (χ0v) is 23.6. The molecule has 0 amide bonds. The van der Waals surface area contributed by atoms with Gasteiger partial charge < -0.3 is 19.2 Å². The highest BCUT2D eigenvalue weighted by molar-refractivity contribution is 6.74. The van der Waals surface area contributed by atoms with Crippen LogP contribution in [0.15, 0.2) is 36.5 Å². The Balaban J connectivity index is 1.55. The van der Waals surface area contributed by atoms with E-state index in [0.29, 0.717) is 41.4 Å². The number of nitriles is 1. The van der Waals surface area contributed by atoms with Gasteiger partial charge in [0.25, 0.3) is 5.92 Å². The normalized spacial score (nSPS) is 18.1. The highest BCUT2D eigenvalue weighted by Crippen LogP contribution is 2.36. The van der Waals surface area contributed by atoms with Gasteiger partial charge in [-0.1, -0.05) is 20.8 Å². The molecule has 4 rings (SSSR count). The minimum atomic E-state index is -2.88. The quantitative estimate of drug-likeness (QED) is 0.306. The largest absolute Gasteiger partial charge is 0.416 e. The van der Waals surface area contributed by atoms with Crippen molar-refractivity contribution in [3.63, 3.8) is 0 Å². The van der Waals surface area contributed by atoms with Crippen molar-refractivity contribution in [2.45, 2.75) is 63.8 Å². The number of benzene rings is 1. The summed E-state index contributed by atoms with van der Waals surface area (Å²) in [6.07, 6.45) is 1.14. The summed E-state index contributed by atoms with van der Waals surface area (Å²) in [6.45, 7) is 11.8. The molecule has 1 N–H and O–H groups in total. The SMILES string of the molecule is CC(C)(C)[Si](C)(C)OCCNC1CN(c2nc3ccc(F)cc3n2Cc2ccc(C#N)cn2)CCC1(F)F. The molecule has 1 unspecified atom stereocenters. The van der Waals surface area contributed by atoms with E-state index in [0.717, 1.165) is 0 Å². The summed E-state index contributed by atoms with van der Waals surface area (Å²) < 4.78 is 52.0. The van der Waals surface area contributed by atoms with Crippen LogP contribution in [0.2, 0.25) is 18.1 Å². The summed E-state index contributed by atoms with van der Waals surface area (Å²) >= 11 is 0. The molecule has 0 radical (unpaired) electrons. The first-order valence-corrected chi connectivity index (χ1v) is 15.7. The first kappa shape index (κ1) is 28.1. The standard InChI is InChI=1S/C27H35F3N6OSi/c1-26(2,3)38(4,5)37-13-11-32-24-18-35(12-10-27(24,29)30)25-34-22-9-7-20(28)14-23(22)36(25)17-21-8-6-19(15-31)16-33-21/h6-9,14,16,24,32H,10-13,17-18H2,1-5H3. The zero-order chi connectivity index (χ0) is 27.7. The molecule has 3 aromatic rings. The second-order valence-corrected chi connectivity index (χ2v) is 16.2. The first-order chi connectivity index (χ1) is 17.8. The van der Waals surface area contributed by atoms with Crippen LogP contribution in [0.5, 0.6) is 0 Å². The van der Waals surface area contributed by atoms with Gasteiger partial charge in [0, 0.05) is 38.9 Å². The van der Waals surface area contributed by atoms with Crippen LogP contribution in [0.1, 0.15) is 38.4 Å². The number of rotatable bonds is 8. The van der Waals surface area contributed by atoms with Crippen molar-refractivity contribution >= 4 is 25.3 Å². The third-order valence-electron chi connectivity index (χ3n) is 7.64. The van der Waals surface area contributed by atoms with Crippen molar-refractivity contribution in [2.24, 2.45) is 0 Å². The van der Waals surface area contributed by atoms with E-state index < -0.39 is 26.1 Å². The molecule has 11 heteroatoms. The predicted octanol–water partition coefficient (Wildman–Crippen LogP) is 5.32. The number of nitrogens with one attached hydrogen (secondary N) is 1. The molecule has 1 atom stereocenters. The molecule has 0 saturated carbocycles. The summed E-state index contributed by atoms with van der Waals surface area (Å²) in [5, 5.41) is 12.1. The van der Waals surface area contributed by atoms with Crippen LogP contribution in [-0.2, 0) is 11.0 Å². The maximum Gasteiger partial charge on any atom is 0.266 e. The molecule has 1 aromatic carbocycles. The van der Waals surface area contributed by atoms with Crippen LogP contribution in [-0.4, -0.2) is 61.1 Å². The maximum absolute atomic E-state index is 15.0. The van der Waals surface area contributed by atoms with Crippen LogP contribution in [0, 0.1) is 17.1 Å². The topological polar surface area (TPSA) is 79.0 Å². The van der Waals surface area contributed by atoms with Crippen molar-refractivity contribution in [2.75, 3.05) is 31.1 Å². The summed E-state index contributed by atoms with van der Waals surface area (Å²) in [4.78, 5) is 10.9. The van der Waals surface area contributed by atoms with Crippen molar-refractivity contribution in [1.82, 2.24) is 19.9 Å².